The molecule has 2 rings (SSSR count). The molecule has 1 atom stereocenters. The summed E-state index contributed by atoms with van der Waals surface area (Å²) in [4.78, 5) is 2.14. The number of hydrogen-bond donors (Lipinski definition) is 1. The summed E-state index contributed by atoms with van der Waals surface area (Å²) in [5.41, 5.74) is 2.70. The summed E-state index contributed by atoms with van der Waals surface area (Å²) >= 11 is 0. The standard InChI is InChI=1S/C11H16N2/c1-13(2)10-5-3-4-9(8-10)11-6-7-12-11/h3-5,8,11-12H,6-7H2,1-2H3/t11-/m1/s1. The average Bonchev–Trinajstić information content (AvgIpc) is 2.01. The second-order valence-electron chi connectivity index (χ2n) is 3.78. The van der Waals surface area contributed by atoms with Crippen molar-refractivity contribution in [3.8, 4) is 0 Å². The van der Waals surface area contributed by atoms with E-state index >= 15 is 0 Å². The molecule has 1 aromatic carbocycles. The van der Waals surface area contributed by atoms with Gasteiger partial charge in [-0.1, -0.05) is 12.1 Å². The summed E-state index contributed by atoms with van der Waals surface area (Å²) in [7, 11) is 4.15. The van der Waals surface area contributed by atoms with Gasteiger partial charge in [-0.2, -0.15) is 0 Å². The zero-order chi connectivity index (χ0) is 9.26. The van der Waals surface area contributed by atoms with Crippen LogP contribution in [0.15, 0.2) is 24.3 Å². The van der Waals surface area contributed by atoms with Crippen LogP contribution in [0.25, 0.3) is 0 Å². The highest BCUT2D eigenvalue weighted by Crippen LogP contribution is 2.25. The number of hydrogen-bond acceptors (Lipinski definition) is 2. The fourth-order valence-electron chi connectivity index (χ4n) is 1.59. The fourth-order valence-corrected chi connectivity index (χ4v) is 1.59. The molecule has 1 heterocycles. The Hall–Kier alpha value is -1.02. The van der Waals surface area contributed by atoms with E-state index in [9.17, 15) is 0 Å². The van der Waals surface area contributed by atoms with E-state index in [1.807, 2.05) is 0 Å². The Balaban J connectivity index is 2.21. The molecule has 1 aliphatic rings. The minimum Gasteiger partial charge on any atom is -0.378 e. The lowest BCUT2D eigenvalue weighted by atomic mass is 9.97. The van der Waals surface area contributed by atoms with Crippen molar-refractivity contribution in [3.63, 3.8) is 0 Å². The molecule has 70 valence electrons. The molecule has 0 aromatic heterocycles. The molecule has 1 fully saturated rings. The Labute approximate surface area is 79.6 Å². The third-order valence-electron chi connectivity index (χ3n) is 2.61. The monoisotopic (exact) mass is 176 g/mol. The lowest BCUT2D eigenvalue weighted by Gasteiger charge is -2.28. The zero-order valence-corrected chi connectivity index (χ0v) is 8.25. The number of nitrogens with one attached hydrogen (secondary N) is 1. The maximum atomic E-state index is 3.41. The number of nitrogens with zero attached hydrogens (tertiary/aromatic N) is 1. The predicted molar refractivity (Wildman–Crippen MR) is 56.1 cm³/mol. The molecule has 1 aliphatic heterocycles. The highest BCUT2D eigenvalue weighted by molar-refractivity contribution is 5.48. The van der Waals surface area contributed by atoms with Crippen molar-refractivity contribution in [2.45, 2.75) is 12.5 Å². The molecule has 0 saturated carbocycles. The van der Waals surface area contributed by atoms with Gasteiger partial charge in [0.15, 0.2) is 0 Å². The first-order valence-corrected chi connectivity index (χ1v) is 4.78. The van der Waals surface area contributed by atoms with Crippen molar-refractivity contribution in [3.05, 3.63) is 29.8 Å². The predicted octanol–water partition coefficient (Wildman–Crippen LogP) is 1.79. The molecule has 2 nitrogen and oxygen atoms in total. The summed E-state index contributed by atoms with van der Waals surface area (Å²) in [6.45, 7) is 1.16. The van der Waals surface area contributed by atoms with Gasteiger partial charge in [0.25, 0.3) is 0 Å². The third-order valence-corrected chi connectivity index (χ3v) is 2.61. The first-order chi connectivity index (χ1) is 6.27. The molecule has 1 N–H and O–H groups in total. The van der Waals surface area contributed by atoms with Gasteiger partial charge in [0.2, 0.25) is 0 Å². The molecule has 0 unspecified atom stereocenters. The van der Waals surface area contributed by atoms with Crippen molar-refractivity contribution >= 4 is 5.69 Å². The van der Waals surface area contributed by atoms with Crippen LogP contribution >= 0.6 is 0 Å². The Morgan fingerprint density at radius 3 is 2.69 bits per heavy atom. The minimum absolute atomic E-state index is 0.597. The van der Waals surface area contributed by atoms with Crippen LogP contribution in [-0.2, 0) is 0 Å². The molecule has 0 bridgehead atoms. The summed E-state index contributed by atoms with van der Waals surface area (Å²) in [6.07, 6.45) is 1.27. The van der Waals surface area contributed by atoms with E-state index in [0.717, 1.165) is 6.54 Å². The number of rotatable bonds is 2. The lowest BCUT2D eigenvalue weighted by Crippen LogP contribution is -2.34. The van der Waals surface area contributed by atoms with Crippen LogP contribution < -0.4 is 10.2 Å². The number of benzene rings is 1. The van der Waals surface area contributed by atoms with E-state index in [-0.39, 0.29) is 0 Å². The molecule has 0 spiro atoms. The van der Waals surface area contributed by atoms with Crippen LogP contribution in [0.1, 0.15) is 18.0 Å². The molecule has 2 heteroatoms. The van der Waals surface area contributed by atoms with Gasteiger partial charge in [0.05, 0.1) is 0 Å². The second-order valence-corrected chi connectivity index (χ2v) is 3.78. The first kappa shape index (κ1) is 8.57. The Kier molecular flexibility index (Phi) is 2.23. The second kappa shape index (κ2) is 3.38. The van der Waals surface area contributed by atoms with Gasteiger partial charge >= 0.3 is 0 Å². The van der Waals surface area contributed by atoms with Gasteiger partial charge in [0, 0.05) is 25.8 Å². The van der Waals surface area contributed by atoms with Gasteiger partial charge in [-0.05, 0) is 30.7 Å². The van der Waals surface area contributed by atoms with Crippen LogP contribution in [0, 0.1) is 0 Å². The fraction of sp³-hybridized carbons (Fsp3) is 0.455. The lowest BCUT2D eigenvalue weighted by molar-refractivity contribution is 0.383. The van der Waals surface area contributed by atoms with Crippen molar-refractivity contribution in [2.24, 2.45) is 0 Å². The quantitative estimate of drug-likeness (QED) is 0.739. The number of anilines is 1. The minimum atomic E-state index is 0.597. The summed E-state index contributed by atoms with van der Waals surface area (Å²) in [6, 6.07) is 9.33. The molecule has 1 saturated heterocycles. The Bertz CT molecular complexity index is 290. The van der Waals surface area contributed by atoms with Crippen LogP contribution in [0.2, 0.25) is 0 Å². The molecule has 1 aromatic rings. The van der Waals surface area contributed by atoms with E-state index in [0.29, 0.717) is 6.04 Å². The summed E-state index contributed by atoms with van der Waals surface area (Å²) in [5.74, 6) is 0. The summed E-state index contributed by atoms with van der Waals surface area (Å²) in [5, 5.41) is 3.41. The van der Waals surface area contributed by atoms with Gasteiger partial charge in [-0.3, -0.25) is 0 Å². The SMILES string of the molecule is CN(C)c1cccc([C@H]2CCN2)c1. The Morgan fingerprint density at radius 1 is 1.38 bits per heavy atom. The van der Waals surface area contributed by atoms with Gasteiger partial charge in [0.1, 0.15) is 0 Å². The molecule has 0 aliphatic carbocycles. The van der Waals surface area contributed by atoms with Crippen molar-refractivity contribution < 1.29 is 0 Å². The zero-order valence-electron chi connectivity index (χ0n) is 8.25. The van der Waals surface area contributed by atoms with E-state index < -0.39 is 0 Å². The normalized spacial score (nSPS) is 20.9. The molecule has 0 amide bonds. The van der Waals surface area contributed by atoms with Crippen LogP contribution in [0.3, 0.4) is 0 Å². The van der Waals surface area contributed by atoms with Gasteiger partial charge in [-0.15, -0.1) is 0 Å². The summed E-state index contributed by atoms with van der Waals surface area (Å²) < 4.78 is 0. The van der Waals surface area contributed by atoms with Crippen molar-refractivity contribution in [1.82, 2.24) is 5.32 Å². The van der Waals surface area contributed by atoms with Crippen LogP contribution in [0.5, 0.6) is 0 Å². The molecular weight excluding hydrogens is 160 g/mol. The third kappa shape index (κ3) is 1.68. The average molecular weight is 176 g/mol. The van der Waals surface area contributed by atoms with Gasteiger partial charge in [-0.25, -0.2) is 0 Å². The van der Waals surface area contributed by atoms with Crippen molar-refractivity contribution in [1.29, 1.82) is 0 Å². The van der Waals surface area contributed by atoms with E-state index in [1.165, 1.54) is 17.7 Å². The van der Waals surface area contributed by atoms with E-state index in [1.54, 1.807) is 0 Å². The molecule has 13 heavy (non-hydrogen) atoms. The van der Waals surface area contributed by atoms with E-state index in [4.69, 9.17) is 0 Å². The molecule has 0 radical (unpaired) electrons. The highest BCUT2D eigenvalue weighted by Gasteiger charge is 2.18. The maximum Gasteiger partial charge on any atom is 0.0364 e. The maximum absolute atomic E-state index is 3.41. The smallest absolute Gasteiger partial charge is 0.0364 e. The molecular formula is C11H16N2. The van der Waals surface area contributed by atoms with Gasteiger partial charge < -0.3 is 10.2 Å². The highest BCUT2D eigenvalue weighted by atomic mass is 15.1. The Morgan fingerprint density at radius 2 is 2.15 bits per heavy atom. The van der Waals surface area contributed by atoms with Crippen molar-refractivity contribution in [2.75, 3.05) is 25.5 Å². The van der Waals surface area contributed by atoms with Crippen LogP contribution in [0.4, 0.5) is 5.69 Å². The first-order valence-electron chi connectivity index (χ1n) is 4.78. The largest absolute Gasteiger partial charge is 0.378 e. The van der Waals surface area contributed by atoms with E-state index in [2.05, 4.69) is 48.6 Å². The topological polar surface area (TPSA) is 15.3 Å². The van der Waals surface area contributed by atoms with Crippen LogP contribution in [-0.4, -0.2) is 20.6 Å².